The molecule has 0 atom stereocenters. The Labute approximate surface area is 138 Å². The molecule has 2 aromatic rings. The molecule has 0 saturated heterocycles. The lowest BCUT2D eigenvalue weighted by molar-refractivity contribution is 0.446. The summed E-state index contributed by atoms with van der Waals surface area (Å²) in [6.07, 6.45) is 1.61. The SMILES string of the molecule is CC(C)Cc1cc(Oc2ccc(O)c(CC(C)C)c2)ccc1O. The number of hydrogen-bond acceptors (Lipinski definition) is 3. The summed E-state index contributed by atoms with van der Waals surface area (Å²) in [5.41, 5.74) is 1.78. The highest BCUT2D eigenvalue weighted by atomic mass is 16.5. The van der Waals surface area contributed by atoms with Crippen LogP contribution in [-0.2, 0) is 12.8 Å². The van der Waals surface area contributed by atoms with Gasteiger partial charge in [0.2, 0.25) is 0 Å². The number of aromatic hydroxyl groups is 2. The smallest absolute Gasteiger partial charge is 0.127 e. The minimum absolute atomic E-state index is 0.303. The number of phenols is 2. The number of ether oxygens (including phenoxy) is 1. The lowest BCUT2D eigenvalue weighted by Gasteiger charge is -2.13. The Kier molecular flexibility index (Phi) is 5.54. The van der Waals surface area contributed by atoms with E-state index in [2.05, 4.69) is 27.7 Å². The molecule has 0 radical (unpaired) electrons. The van der Waals surface area contributed by atoms with Crippen LogP contribution in [0.3, 0.4) is 0 Å². The Morgan fingerprint density at radius 2 is 1.13 bits per heavy atom. The fourth-order valence-corrected chi connectivity index (χ4v) is 2.59. The molecule has 0 saturated carbocycles. The molecule has 0 heterocycles. The van der Waals surface area contributed by atoms with Crippen LogP contribution in [0.4, 0.5) is 0 Å². The molecule has 3 heteroatoms. The van der Waals surface area contributed by atoms with Crippen LogP contribution in [0.1, 0.15) is 38.8 Å². The summed E-state index contributed by atoms with van der Waals surface area (Å²) in [4.78, 5) is 0. The topological polar surface area (TPSA) is 49.7 Å². The van der Waals surface area contributed by atoms with Gasteiger partial charge in [-0.05, 0) is 72.2 Å². The summed E-state index contributed by atoms with van der Waals surface area (Å²) in [7, 11) is 0. The largest absolute Gasteiger partial charge is 0.508 e. The van der Waals surface area contributed by atoms with Crippen LogP contribution in [0, 0.1) is 11.8 Å². The molecule has 0 aliphatic carbocycles. The third-order valence-electron chi connectivity index (χ3n) is 3.59. The van der Waals surface area contributed by atoms with E-state index in [1.165, 1.54) is 0 Å². The van der Waals surface area contributed by atoms with Crippen LogP contribution in [-0.4, -0.2) is 10.2 Å². The highest BCUT2D eigenvalue weighted by Gasteiger charge is 2.09. The summed E-state index contributed by atoms with van der Waals surface area (Å²) >= 11 is 0. The molecule has 0 aliphatic heterocycles. The van der Waals surface area contributed by atoms with Crippen LogP contribution in [0.5, 0.6) is 23.0 Å². The monoisotopic (exact) mass is 314 g/mol. The molecule has 3 nitrogen and oxygen atoms in total. The van der Waals surface area contributed by atoms with Crippen molar-refractivity contribution in [3.05, 3.63) is 47.5 Å². The Balaban J connectivity index is 2.22. The fraction of sp³-hybridized carbons (Fsp3) is 0.400. The van der Waals surface area contributed by atoms with E-state index in [1.54, 1.807) is 24.3 Å². The summed E-state index contributed by atoms with van der Waals surface area (Å²) in [6, 6.07) is 10.6. The Hall–Kier alpha value is -2.16. The van der Waals surface area contributed by atoms with Gasteiger partial charge in [-0.25, -0.2) is 0 Å². The first-order chi connectivity index (χ1) is 10.8. The summed E-state index contributed by atoms with van der Waals surface area (Å²) in [5.74, 6) is 2.92. The average Bonchev–Trinajstić information content (AvgIpc) is 2.45. The molecule has 0 aromatic heterocycles. The van der Waals surface area contributed by atoms with Crippen LogP contribution in [0.25, 0.3) is 0 Å². The fourth-order valence-electron chi connectivity index (χ4n) is 2.59. The standard InChI is InChI=1S/C20H26O3/c1-13(2)9-15-11-17(5-7-19(15)21)23-18-6-8-20(22)16(12-18)10-14(3)4/h5-8,11-14,21-22H,9-10H2,1-4H3. The number of benzene rings is 2. The van der Waals surface area contributed by atoms with E-state index < -0.39 is 0 Å². The zero-order valence-electron chi connectivity index (χ0n) is 14.3. The number of phenolic OH excluding ortho intramolecular Hbond substituents is 2. The minimum Gasteiger partial charge on any atom is -0.508 e. The van der Waals surface area contributed by atoms with Gasteiger partial charge in [0.1, 0.15) is 23.0 Å². The summed E-state index contributed by atoms with van der Waals surface area (Å²) in [5, 5.41) is 19.9. The predicted molar refractivity (Wildman–Crippen MR) is 93.4 cm³/mol. The Morgan fingerprint density at radius 1 is 0.739 bits per heavy atom. The van der Waals surface area contributed by atoms with Crippen molar-refractivity contribution in [1.29, 1.82) is 0 Å². The first-order valence-corrected chi connectivity index (χ1v) is 8.16. The molecular formula is C20H26O3. The van der Waals surface area contributed by atoms with Gasteiger partial charge in [-0.3, -0.25) is 0 Å². The van der Waals surface area contributed by atoms with Crippen molar-refractivity contribution in [2.45, 2.75) is 40.5 Å². The Morgan fingerprint density at radius 3 is 1.48 bits per heavy atom. The second-order valence-electron chi connectivity index (χ2n) is 6.88. The second-order valence-corrected chi connectivity index (χ2v) is 6.88. The third kappa shape index (κ3) is 4.92. The van der Waals surface area contributed by atoms with Gasteiger partial charge >= 0.3 is 0 Å². The van der Waals surface area contributed by atoms with Gasteiger partial charge in [-0.2, -0.15) is 0 Å². The quantitative estimate of drug-likeness (QED) is 0.762. The normalized spacial score (nSPS) is 11.2. The van der Waals surface area contributed by atoms with Gasteiger partial charge in [0, 0.05) is 0 Å². The van der Waals surface area contributed by atoms with Crippen molar-refractivity contribution in [2.75, 3.05) is 0 Å². The van der Waals surface area contributed by atoms with E-state index in [9.17, 15) is 10.2 Å². The lowest BCUT2D eigenvalue weighted by Crippen LogP contribution is -1.97. The molecular weight excluding hydrogens is 288 g/mol. The van der Waals surface area contributed by atoms with Crippen molar-refractivity contribution >= 4 is 0 Å². The van der Waals surface area contributed by atoms with Crippen LogP contribution in [0.15, 0.2) is 36.4 Å². The third-order valence-corrected chi connectivity index (χ3v) is 3.59. The van der Waals surface area contributed by atoms with Crippen molar-refractivity contribution < 1.29 is 14.9 Å². The van der Waals surface area contributed by atoms with Gasteiger partial charge in [-0.15, -0.1) is 0 Å². The summed E-state index contributed by atoms with van der Waals surface area (Å²) in [6.45, 7) is 8.46. The average molecular weight is 314 g/mol. The first kappa shape index (κ1) is 17.2. The van der Waals surface area contributed by atoms with Crippen molar-refractivity contribution in [3.8, 4) is 23.0 Å². The lowest BCUT2D eigenvalue weighted by atomic mass is 10.0. The van der Waals surface area contributed by atoms with Crippen LogP contribution < -0.4 is 4.74 Å². The van der Waals surface area contributed by atoms with Gasteiger partial charge in [0.05, 0.1) is 0 Å². The molecule has 2 rings (SSSR count). The predicted octanol–water partition coefficient (Wildman–Crippen LogP) is 5.29. The number of rotatable bonds is 6. The first-order valence-electron chi connectivity index (χ1n) is 8.16. The maximum atomic E-state index is 9.94. The van der Waals surface area contributed by atoms with Gasteiger partial charge < -0.3 is 14.9 Å². The van der Waals surface area contributed by atoms with E-state index in [-0.39, 0.29) is 0 Å². The van der Waals surface area contributed by atoms with Crippen LogP contribution in [0.2, 0.25) is 0 Å². The van der Waals surface area contributed by atoms with Gasteiger partial charge in [0.15, 0.2) is 0 Å². The van der Waals surface area contributed by atoms with E-state index in [0.717, 1.165) is 24.0 Å². The zero-order valence-corrected chi connectivity index (χ0v) is 14.3. The highest BCUT2D eigenvalue weighted by Crippen LogP contribution is 2.31. The van der Waals surface area contributed by atoms with Gasteiger partial charge in [0.25, 0.3) is 0 Å². The Bertz CT molecular complexity index is 602. The van der Waals surface area contributed by atoms with E-state index in [0.29, 0.717) is 34.8 Å². The minimum atomic E-state index is 0.303. The van der Waals surface area contributed by atoms with E-state index >= 15 is 0 Å². The van der Waals surface area contributed by atoms with Crippen molar-refractivity contribution in [3.63, 3.8) is 0 Å². The van der Waals surface area contributed by atoms with E-state index in [1.807, 2.05) is 12.1 Å². The zero-order chi connectivity index (χ0) is 17.0. The second kappa shape index (κ2) is 7.40. The molecule has 0 amide bonds. The van der Waals surface area contributed by atoms with Crippen molar-refractivity contribution in [2.24, 2.45) is 11.8 Å². The molecule has 0 fully saturated rings. The van der Waals surface area contributed by atoms with Crippen LogP contribution >= 0.6 is 0 Å². The highest BCUT2D eigenvalue weighted by molar-refractivity contribution is 5.44. The molecule has 0 aliphatic rings. The molecule has 124 valence electrons. The van der Waals surface area contributed by atoms with E-state index in [4.69, 9.17) is 4.74 Å². The molecule has 0 spiro atoms. The van der Waals surface area contributed by atoms with Crippen molar-refractivity contribution in [1.82, 2.24) is 0 Å². The maximum absolute atomic E-state index is 9.94. The molecule has 0 bridgehead atoms. The van der Waals surface area contributed by atoms with Gasteiger partial charge in [-0.1, -0.05) is 27.7 Å². The number of hydrogen-bond donors (Lipinski definition) is 2. The summed E-state index contributed by atoms with van der Waals surface area (Å²) < 4.78 is 5.91. The maximum Gasteiger partial charge on any atom is 0.127 e. The molecule has 2 aromatic carbocycles. The molecule has 0 unspecified atom stereocenters. The molecule has 23 heavy (non-hydrogen) atoms. The molecule has 2 N–H and O–H groups in total.